The number of hydrogen-bond donors (Lipinski definition) is 2. The highest BCUT2D eigenvalue weighted by atomic mass is 15.1. The topological polar surface area (TPSA) is 44.0 Å². The molecular weight excluding hydrogens is 380 g/mol. The summed E-state index contributed by atoms with van der Waals surface area (Å²) in [6, 6.07) is 9.27. The minimum absolute atomic E-state index is 0.367. The number of benzene rings is 1. The molecular formula is C27H42N4. The lowest BCUT2D eigenvalue weighted by atomic mass is 9.83. The maximum atomic E-state index is 5.10. The first-order valence-corrected chi connectivity index (χ1v) is 12.9. The van der Waals surface area contributed by atoms with Crippen LogP contribution in [0, 0.1) is 11.8 Å². The molecule has 4 heteroatoms. The standard InChI is InChI=1S/C27H42N4/c1-3-31(4-2)24-17-15-22(16-18-24)25-20-29-27(30-25)26(23-13-9-6-10-14-23)28-19-21-11-7-5-8-12-21/h15-18,20-21,23,26,28H,3-14,19H2,1-2H3,(H,29,30). The van der Waals surface area contributed by atoms with Crippen molar-refractivity contribution in [3.63, 3.8) is 0 Å². The first kappa shape index (κ1) is 22.4. The van der Waals surface area contributed by atoms with Crippen molar-refractivity contribution in [1.29, 1.82) is 0 Å². The van der Waals surface area contributed by atoms with Gasteiger partial charge in [-0.1, -0.05) is 50.7 Å². The number of H-pyrrole nitrogens is 1. The third-order valence-electron chi connectivity index (χ3n) is 7.66. The maximum absolute atomic E-state index is 5.10. The summed E-state index contributed by atoms with van der Waals surface area (Å²) in [7, 11) is 0. The van der Waals surface area contributed by atoms with Gasteiger partial charge in [0.2, 0.25) is 0 Å². The first-order chi connectivity index (χ1) is 15.3. The van der Waals surface area contributed by atoms with Crippen molar-refractivity contribution in [2.45, 2.75) is 84.1 Å². The predicted octanol–water partition coefficient (Wildman–Crippen LogP) is 6.71. The summed E-state index contributed by atoms with van der Waals surface area (Å²) in [5.41, 5.74) is 3.56. The van der Waals surface area contributed by atoms with E-state index < -0.39 is 0 Å². The molecule has 0 radical (unpaired) electrons. The summed E-state index contributed by atoms with van der Waals surface area (Å²) < 4.78 is 0. The number of anilines is 1. The number of nitrogens with one attached hydrogen (secondary N) is 2. The first-order valence-electron chi connectivity index (χ1n) is 12.9. The lowest BCUT2D eigenvalue weighted by molar-refractivity contribution is 0.242. The Kier molecular flexibility index (Phi) is 8.07. The lowest BCUT2D eigenvalue weighted by Gasteiger charge is -2.32. The zero-order valence-electron chi connectivity index (χ0n) is 19.7. The van der Waals surface area contributed by atoms with Gasteiger partial charge in [-0.05, 0) is 70.0 Å². The summed E-state index contributed by atoms with van der Waals surface area (Å²) in [6.07, 6.45) is 15.9. The van der Waals surface area contributed by atoms with E-state index in [1.165, 1.54) is 75.5 Å². The van der Waals surface area contributed by atoms with E-state index in [1.807, 2.05) is 0 Å². The van der Waals surface area contributed by atoms with Crippen molar-refractivity contribution in [1.82, 2.24) is 15.3 Å². The number of imidazole rings is 1. The molecule has 0 spiro atoms. The molecule has 2 aliphatic carbocycles. The third kappa shape index (κ3) is 5.71. The second kappa shape index (κ2) is 11.2. The summed E-state index contributed by atoms with van der Waals surface area (Å²) in [5.74, 6) is 2.70. The predicted molar refractivity (Wildman–Crippen MR) is 131 cm³/mol. The summed E-state index contributed by atoms with van der Waals surface area (Å²) in [6.45, 7) is 7.65. The van der Waals surface area contributed by atoms with Gasteiger partial charge in [0, 0.05) is 30.5 Å². The molecule has 0 aliphatic heterocycles. The molecule has 0 bridgehead atoms. The lowest BCUT2D eigenvalue weighted by Crippen LogP contribution is -2.34. The molecule has 0 saturated heterocycles. The Balaban J connectivity index is 1.48. The quantitative estimate of drug-likeness (QED) is 0.472. The highest BCUT2D eigenvalue weighted by Crippen LogP contribution is 2.35. The fourth-order valence-electron chi connectivity index (χ4n) is 5.71. The molecule has 1 heterocycles. The molecule has 2 fully saturated rings. The van der Waals surface area contributed by atoms with Gasteiger partial charge in [0.05, 0.1) is 11.7 Å². The Labute approximate surface area is 189 Å². The molecule has 31 heavy (non-hydrogen) atoms. The van der Waals surface area contributed by atoms with Crippen LogP contribution in [0.1, 0.15) is 89.9 Å². The van der Waals surface area contributed by atoms with Crippen LogP contribution in [0.4, 0.5) is 5.69 Å². The highest BCUT2D eigenvalue weighted by Gasteiger charge is 2.28. The van der Waals surface area contributed by atoms with Crippen LogP contribution in [0.25, 0.3) is 11.3 Å². The Bertz CT molecular complexity index is 765. The van der Waals surface area contributed by atoms with Crippen molar-refractivity contribution < 1.29 is 0 Å². The van der Waals surface area contributed by atoms with Crippen LogP contribution in [0.2, 0.25) is 0 Å². The van der Waals surface area contributed by atoms with Crippen LogP contribution >= 0.6 is 0 Å². The molecule has 2 aliphatic rings. The van der Waals surface area contributed by atoms with Gasteiger partial charge >= 0.3 is 0 Å². The van der Waals surface area contributed by atoms with Crippen molar-refractivity contribution in [3.8, 4) is 11.3 Å². The minimum atomic E-state index is 0.367. The van der Waals surface area contributed by atoms with E-state index in [-0.39, 0.29) is 0 Å². The molecule has 0 amide bonds. The summed E-state index contributed by atoms with van der Waals surface area (Å²) in [4.78, 5) is 11.1. The average Bonchev–Trinajstić information content (AvgIpc) is 3.32. The van der Waals surface area contributed by atoms with Crippen molar-refractivity contribution >= 4 is 5.69 Å². The number of aromatic amines is 1. The van der Waals surface area contributed by atoms with Gasteiger partial charge in [0.25, 0.3) is 0 Å². The van der Waals surface area contributed by atoms with E-state index in [2.05, 4.69) is 59.5 Å². The molecule has 4 nitrogen and oxygen atoms in total. The van der Waals surface area contributed by atoms with Crippen LogP contribution in [0.15, 0.2) is 30.5 Å². The van der Waals surface area contributed by atoms with Crippen LogP contribution in [-0.4, -0.2) is 29.6 Å². The fourth-order valence-corrected chi connectivity index (χ4v) is 5.71. The number of aromatic nitrogens is 2. The highest BCUT2D eigenvalue weighted by molar-refractivity contribution is 5.62. The smallest absolute Gasteiger partial charge is 0.124 e. The summed E-state index contributed by atoms with van der Waals surface area (Å²) in [5, 5.41) is 3.98. The van der Waals surface area contributed by atoms with Crippen molar-refractivity contribution in [2.75, 3.05) is 24.5 Å². The van der Waals surface area contributed by atoms with Crippen LogP contribution < -0.4 is 10.2 Å². The van der Waals surface area contributed by atoms with Gasteiger partial charge in [-0.25, -0.2) is 4.98 Å². The van der Waals surface area contributed by atoms with Gasteiger partial charge in [-0.3, -0.25) is 0 Å². The van der Waals surface area contributed by atoms with Gasteiger partial charge in [-0.15, -0.1) is 0 Å². The van der Waals surface area contributed by atoms with E-state index in [0.717, 1.165) is 37.1 Å². The van der Waals surface area contributed by atoms with E-state index in [4.69, 9.17) is 4.98 Å². The van der Waals surface area contributed by atoms with Gasteiger partial charge < -0.3 is 15.2 Å². The molecule has 2 aromatic rings. The van der Waals surface area contributed by atoms with E-state index in [0.29, 0.717) is 12.0 Å². The molecule has 1 atom stereocenters. The Morgan fingerprint density at radius 2 is 1.58 bits per heavy atom. The van der Waals surface area contributed by atoms with E-state index in [1.54, 1.807) is 0 Å². The Morgan fingerprint density at radius 3 is 2.23 bits per heavy atom. The van der Waals surface area contributed by atoms with Crippen molar-refractivity contribution in [3.05, 3.63) is 36.3 Å². The molecule has 1 aromatic carbocycles. The Morgan fingerprint density at radius 1 is 0.935 bits per heavy atom. The van der Waals surface area contributed by atoms with Crippen molar-refractivity contribution in [2.24, 2.45) is 11.8 Å². The zero-order chi connectivity index (χ0) is 21.5. The molecule has 1 unspecified atom stereocenters. The number of nitrogens with zero attached hydrogens (tertiary/aromatic N) is 2. The van der Waals surface area contributed by atoms with Crippen LogP contribution in [0.5, 0.6) is 0 Å². The second-order valence-electron chi connectivity index (χ2n) is 9.68. The average molecular weight is 423 g/mol. The number of hydrogen-bond acceptors (Lipinski definition) is 3. The van der Waals surface area contributed by atoms with Gasteiger partial charge in [0.15, 0.2) is 0 Å². The van der Waals surface area contributed by atoms with Crippen LogP contribution in [-0.2, 0) is 0 Å². The monoisotopic (exact) mass is 422 g/mol. The molecule has 170 valence electrons. The summed E-state index contributed by atoms with van der Waals surface area (Å²) >= 11 is 0. The number of rotatable bonds is 9. The normalized spacial score (nSPS) is 19.4. The van der Waals surface area contributed by atoms with E-state index >= 15 is 0 Å². The van der Waals surface area contributed by atoms with E-state index in [9.17, 15) is 0 Å². The zero-order valence-corrected chi connectivity index (χ0v) is 19.7. The maximum Gasteiger partial charge on any atom is 0.124 e. The Hall–Kier alpha value is -1.81. The van der Waals surface area contributed by atoms with Gasteiger partial charge in [-0.2, -0.15) is 0 Å². The molecule has 1 aromatic heterocycles. The molecule has 2 N–H and O–H groups in total. The largest absolute Gasteiger partial charge is 0.372 e. The van der Waals surface area contributed by atoms with Gasteiger partial charge in [0.1, 0.15) is 5.82 Å². The third-order valence-corrected chi connectivity index (χ3v) is 7.66. The molecule has 4 rings (SSSR count). The van der Waals surface area contributed by atoms with Crippen LogP contribution in [0.3, 0.4) is 0 Å². The fraction of sp³-hybridized carbons (Fsp3) is 0.667. The second-order valence-corrected chi connectivity index (χ2v) is 9.68. The molecule has 2 saturated carbocycles. The minimum Gasteiger partial charge on any atom is -0.372 e. The SMILES string of the molecule is CCN(CC)c1ccc(-c2c[nH]c(C(NCC3CCCCC3)C3CCCCC3)n2)cc1.